The van der Waals surface area contributed by atoms with Crippen molar-refractivity contribution in [3.05, 3.63) is 63.2 Å². The minimum atomic E-state index is -4.01. The van der Waals surface area contributed by atoms with Gasteiger partial charge in [-0.25, -0.2) is 18.4 Å². The maximum atomic E-state index is 12.7. The van der Waals surface area contributed by atoms with Crippen LogP contribution in [0.4, 0.5) is 0 Å². The molecule has 1 atom stereocenters. The summed E-state index contributed by atoms with van der Waals surface area (Å²) in [6, 6.07) is 7.09. The second-order valence-electron chi connectivity index (χ2n) is 6.35. The maximum Gasteiger partial charge on any atom is 0.340 e. The monoisotopic (exact) mass is 409 g/mol. The number of ketones is 1. The third kappa shape index (κ3) is 4.74. The summed E-state index contributed by atoms with van der Waals surface area (Å²) in [4.78, 5) is 24.8. The zero-order valence-electron chi connectivity index (χ0n) is 15.4. The van der Waals surface area contributed by atoms with Gasteiger partial charge in [0.1, 0.15) is 0 Å². The van der Waals surface area contributed by atoms with E-state index in [0.717, 1.165) is 22.8 Å². The van der Waals surface area contributed by atoms with Gasteiger partial charge in [-0.2, -0.15) is 0 Å². The summed E-state index contributed by atoms with van der Waals surface area (Å²) in [6.07, 6.45) is -1.08. The Hall–Kier alpha value is -2.22. The molecule has 0 amide bonds. The van der Waals surface area contributed by atoms with Crippen LogP contribution >= 0.6 is 11.6 Å². The van der Waals surface area contributed by atoms with Gasteiger partial charge in [-0.05, 0) is 68.7 Å². The van der Waals surface area contributed by atoms with Gasteiger partial charge in [0.25, 0.3) is 0 Å². The first-order valence-corrected chi connectivity index (χ1v) is 9.99. The van der Waals surface area contributed by atoms with E-state index in [1.165, 1.54) is 19.1 Å². The fraction of sp³-hybridized carbons (Fsp3) is 0.263. The summed E-state index contributed by atoms with van der Waals surface area (Å²) in [5.74, 6) is -1.27. The predicted molar refractivity (Wildman–Crippen MR) is 103 cm³/mol. The topological polar surface area (TPSA) is 104 Å². The number of ether oxygens (including phenoxy) is 1. The van der Waals surface area contributed by atoms with Gasteiger partial charge in [-0.1, -0.05) is 17.7 Å². The van der Waals surface area contributed by atoms with Gasteiger partial charge in [-0.15, -0.1) is 0 Å². The van der Waals surface area contributed by atoms with E-state index in [1.807, 2.05) is 19.9 Å². The van der Waals surface area contributed by atoms with Gasteiger partial charge in [0.05, 0.1) is 15.5 Å². The number of sulfonamides is 1. The maximum absolute atomic E-state index is 12.7. The Labute approximate surface area is 163 Å². The molecule has 2 aromatic carbocycles. The molecule has 2 N–H and O–H groups in total. The molecular weight excluding hydrogens is 390 g/mol. The van der Waals surface area contributed by atoms with E-state index in [1.54, 1.807) is 13.0 Å². The first-order valence-electron chi connectivity index (χ1n) is 8.07. The Kier molecular flexibility index (Phi) is 6.09. The largest absolute Gasteiger partial charge is 0.451 e. The quantitative estimate of drug-likeness (QED) is 0.602. The number of hydrogen-bond donors (Lipinski definition) is 1. The van der Waals surface area contributed by atoms with E-state index in [0.29, 0.717) is 5.56 Å². The van der Waals surface area contributed by atoms with Crippen molar-refractivity contribution in [1.82, 2.24) is 0 Å². The molecule has 27 heavy (non-hydrogen) atoms. The summed E-state index contributed by atoms with van der Waals surface area (Å²) in [7, 11) is -4.01. The minimum absolute atomic E-state index is 0.00518. The molecule has 0 radical (unpaired) electrons. The number of hydrogen-bond acceptors (Lipinski definition) is 5. The highest BCUT2D eigenvalue weighted by Crippen LogP contribution is 2.23. The zero-order valence-corrected chi connectivity index (χ0v) is 16.9. The van der Waals surface area contributed by atoms with Crippen molar-refractivity contribution in [3.8, 4) is 0 Å². The first kappa shape index (κ1) is 21.1. The lowest BCUT2D eigenvalue weighted by Gasteiger charge is -2.16. The minimum Gasteiger partial charge on any atom is -0.451 e. The van der Waals surface area contributed by atoms with E-state index in [4.69, 9.17) is 21.5 Å². The smallest absolute Gasteiger partial charge is 0.340 e. The average molecular weight is 410 g/mol. The number of benzene rings is 2. The van der Waals surface area contributed by atoms with E-state index < -0.39 is 22.1 Å². The Bertz CT molecular complexity index is 1030. The molecule has 0 spiro atoms. The second kappa shape index (κ2) is 7.80. The van der Waals surface area contributed by atoms with Gasteiger partial charge in [-0.3, -0.25) is 4.79 Å². The Balaban J connectivity index is 2.28. The average Bonchev–Trinajstić information content (AvgIpc) is 2.56. The van der Waals surface area contributed by atoms with Crippen LogP contribution in [0.3, 0.4) is 0 Å². The summed E-state index contributed by atoms with van der Waals surface area (Å²) >= 11 is 5.96. The third-order valence-corrected chi connectivity index (χ3v) is 5.49. The lowest BCUT2D eigenvalue weighted by atomic mass is 9.96. The molecule has 2 aromatic rings. The van der Waals surface area contributed by atoms with Gasteiger partial charge in [0.15, 0.2) is 6.10 Å². The highest BCUT2D eigenvalue weighted by Gasteiger charge is 2.24. The van der Waals surface area contributed by atoms with Crippen molar-refractivity contribution >= 4 is 33.4 Å². The van der Waals surface area contributed by atoms with Crippen LogP contribution in [0.2, 0.25) is 5.02 Å². The standard InChI is InChI=1S/C19H20ClNO5S/c1-10-7-12(3)15(8-11(10)2)18(22)13(4)26-19(23)16-9-14(27(21,24)25)5-6-17(16)20/h5-9,13H,1-4H3,(H2,21,24,25)/t13-/m1/s1. The molecule has 0 saturated carbocycles. The number of rotatable bonds is 5. The van der Waals surface area contributed by atoms with Crippen molar-refractivity contribution in [1.29, 1.82) is 0 Å². The molecule has 0 aromatic heterocycles. The van der Waals surface area contributed by atoms with E-state index >= 15 is 0 Å². The lowest BCUT2D eigenvalue weighted by molar-refractivity contribution is 0.0318. The van der Waals surface area contributed by atoms with Crippen molar-refractivity contribution in [2.45, 2.75) is 38.7 Å². The Morgan fingerprint density at radius 3 is 2.19 bits per heavy atom. The summed E-state index contributed by atoms with van der Waals surface area (Å²) in [5.41, 5.74) is 3.06. The molecule has 144 valence electrons. The van der Waals surface area contributed by atoms with Crippen molar-refractivity contribution in [2.24, 2.45) is 5.14 Å². The van der Waals surface area contributed by atoms with Crippen LogP contribution in [0.1, 0.15) is 44.3 Å². The molecule has 0 saturated heterocycles. The Morgan fingerprint density at radius 2 is 1.59 bits per heavy atom. The molecule has 0 unspecified atom stereocenters. The van der Waals surface area contributed by atoms with E-state index in [-0.39, 0.29) is 21.3 Å². The number of nitrogens with two attached hydrogens (primary N) is 1. The summed E-state index contributed by atoms with van der Waals surface area (Å²) < 4.78 is 28.1. The molecule has 0 bridgehead atoms. The normalized spacial score (nSPS) is 12.5. The highest BCUT2D eigenvalue weighted by molar-refractivity contribution is 7.89. The summed E-state index contributed by atoms with van der Waals surface area (Å²) in [6.45, 7) is 7.09. The Morgan fingerprint density at radius 1 is 1.00 bits per heavy atom. The van der Waals surface area contributed by atoms with Crippen LogP contribution in [0.5, 0.6) is 0 Å². The van der Waals surface area contributed by atoms with Gasteiger partial charge >= 0.3 is 5.97 Å². The lowest BCUT2D eigenvalue weighted by Crippen LogP contribution is -2.25. The van der Waals surface area contributed by atoms with Crippen molar-refractivity contribution in [2.75, 3.05) is 0 Å². The molecule has 0 aliphatic carbocycles. The number of halogens is 1. The first-order chi connectivity index (χ1) is 12.4. The molecule has 8 heteroatoms. The van der Waals surface area contributed by atoms with Crippen molar-refractivity contribution in [3.63, 3.8) is 0 Å². The highest BCUT2D eigenvalue weighted by atomic mass is 35.5. The number of Topliss-reactive ketones (excluding diaryl/α,β-unsaturated/α-hetero) is 1. The van der Waals surface area contributed by atoms with Crippen LogP contribution in [0.25, 0.3) is 0 Å². The fourth-order valence-electron chi connectivity index (χ4n) is 2.56. The van der Waals surface area contributed by atoms with Crippen LogP contribution in [-0.4, -0.2) is 26.3 Å². The zero-order chi connectivity index (χ0) is 20.5. The van der Waals surface area contributed by atoms with Crippen LogP contribution < -0.4 is 5.14 Å². The van der Waals surface area contributed by atoms with Gasteiger partial charge in [0, 0.05) is 5.56 Å². The molecule has 0 heterocycles. The molecule has 0 aliphatic heterocycles. The van der Waals surface area contributed by atoms with Gasteiger partial charge in [0.2, 0.25) is 15.8 Å². The number of primary sulfonamides is 1. The molecule has 0 aliphatic rings. The second-order valence-corrected chi connectivity index (χ2v) is 8.32. The van der Waals surface area contributed by atoms with E-state index in [2.05, 4.69) is 0 Å². The molecule has 6 nitrogen and oxygen atoms in total. The van der Waals surface area contributed by atoms with Gasteiger partial charge < -0.3 is 4.74 Å². The number of carbonyl (C=O) groups excluding carboxylic acids is 2. The number of carbonyl (C=O) groups is 2. The number of aryl methyl sites for hydroxylation is 3. The van der Waals surface area contributed by atoms with E-state index in [9.17, 15) is 18.0 Å². The summed E-state index contributed by atoms with van der Waals surface area (Å²) in [5, 5.41) is 5.06. The third-order valence-electron chi connectivity index (χ3n) is 4.25. The molecule has 2 rings (SSSR count). The van der Waals surface area contributed by atoms with Crippen LogP contribution in [0.15, 0.2) is 35.2 Å². The fourth-order valence-corrected chi connectivity index (χ4v) is 3.29. The molecular formula is C19H20ClNO5S. The number of esters is 1. The predicted octanol–water partition coefficient (Wildman–Crippen LogP) is 3.34. The van der Waals surface area contributed by atoms with Crippen LogP contribution in [-0.2, 0) is 14.8 Å². The molecule has 0 fully saturated rings. The SMILES string of the molecule is Cc1cc(C)c(C(=O)[C@@H](C)OC(=O)c2cc(S(N)(=O)=O)ccc2Cl)cc1C. The van der Waals surface area contributed by atoms with Crippen molar-refractivity contribution < 1.29 is 22.7 Å². The van der Waals surface area contributed by atoms with Crippen LogP contribution in [0, 0.1) is 20.8 Å².